The summed E-state index contributed by atoms with van der Waals surface area (Å²) in [5.74, 6) is -1.04. The average Bonchev–Trinajstić information content (AvgIpc) is 2.52. The fraction of sp³-hybridized carbons (Fsp3) is 0.188. The lowest BCUT2D eigenvalue weighted by Crippen LogP contribution is -2.10. The highest BCUT2D eigenvalue weighted by molar-refractivity contribution is 7.98. The van der Waals surface area contributed by atoms with Gasteiger partial charge in [0.2, 0.25) is 0 Å². The normalized spacial score (nSPS) is 11.4. The Balaban J connectivity index is 2.55. The summed E-state index contributed by atoms with van der Waals surface area (Å²) in [6, 6.07) is 8.22. The van der Waals surface area contributed by atoms with Crippen molar-refractivity contribution >= 4 is 29.3 Å². The van der Waals surface area contributed by atoms with Crippen LogP contribution in [0.4, 0.5) is 13.2 Å². The smallest absolute Gasteiger partial charge is 0.417 e. The first-order chi connectivity index (χ1) is 11.2. The molecule has 3 nitrogen and oxygen atoms in total. The van der Waals surface area contributed by atoms with E-state index in [1.54, 1.807) is 6.26 Å². The largest absolute Gasteiger partial charge is 0.481 e. The summed E-state index contributed by atoms with van der Waals surface area (Å²) in [6.07, 6.45) is -2.94. The Morgan fingerprint density at radius 1 is 1.25 bits per heavy atom. The lowest BCUT2D eigenvalue weighted by atomic mass is 10.0. The zero-order valence-electron chi connectivity index (χ0n) is 12.4. The maximum atomic E-state index is 13.2. The van der Waals surface area contributed by atoms with Crippen molar-refractivity contribution in [2.45, 2.75) is 11.1 Å². The van der Waals surface area contributed by atoms with Gasteiger partial charge in [-0.1, -0.05) is 17.7 Å². The van der Waals surface area contributed by atoms with E-state index in [1.807, 2.05) is 0 Å². The van der Waals surface area contributed by atoms with Crippen molar-refractivity contribution in [3.8, 4) is 16.9 Å². The van der Waals surface area contributed by atoms with Crippen LogP contribution in [0.5, 0.6) is 5.75 Å². The van der Waals surface area contributed by atoms with E-state index >= 15 is 0 Å². The number of hydrogen-bond donors (Lipinski definition) is 1. The molecule has 24 heavy (non-hydrogen) atoms. The first-order valence-electron chi connectivity index (χ1n) is 6.62. The Bertz CT molecular complexity index is 763. The van der Waals surface area contributed by atoms with Gasteiger partial charge in [-0.25, -0.2) is 4.79 Å². The predicted octanol–water partition coefficient (Wildman–Crippen LogP) is 5.21. The number of carboxylic acid groups (broad SMARTS) is 1. The molecule has 0 saturated heterocycles. The Morgan fingerprint density at radius 2 is 1.96 bits per heavy atom. The highest BCUT2D eigenvalue weighted by atomic mass is 35.5. The average molecular weight is 377 g/mol. The Kier molecular flexibility index (Phi) is 5.66. The fourth-order valence-electron chi connectivity index (χ4n) is 2.09. The predicted molar refractivity (Wildman–Crippen MR) is 86.8 cm³/mol. The van der Waals surface area contributed by atoms with E-state index in [1.165, 1.54) is 30.3 Å². The molecule has 0 aliphatic rings. The van der Waals surface area contributed by atoms with Crippen LogP contribution in [0.25, 0.3) is 11.1 Å². The highest BCUT2D eigenvalue weighted by Gasteiger charge is 2.33. The van der Waals surface area contributed by atoms with E-state index in [0.717, 1.165) is 17.8 Å². The minimum absolute atomic E-state index is 0.0984. The third-order valence-corrected chi connectivity index (χ3v) is 4.14. The Hall–Kier alpha value is -1.86. The van der Waals surface area contributed by atoms with E-state index in [4.69, 9.17) is 21.4 Å². The zero-order valence-corrected chi connectivity index (χ0v) is 13.9. The summed E-state index contributed by atoms with van der Waals surface area (Å²) in [4.78, 5) is 10.8. The molecule has 0 bridgehead atoms. The molecule has 128 valence electrons. The number of rotatable bonds is 5. The first kappa shape index (κ1) is 18.5. The third kappa shape index (κ3) is 4.36. The Labute approximate surface area is 145 Å². The number of halogens is 4. The van der Waals surface area contributed by atoms with Crippen molar-refractivity contribution < 1.29 is 27.8 Å². The van der Waals surface area contributed by atoms with Crippen LogP contribution in [0.15, 0.2) is 41.3 Å². The monoisotopic (exact) mass is 376 g/mol. The molecule has 0 unspecified atom stereocenters. The van der Waals surface area contributed by atoms with Gasteiger partial charge in [-0.05, 0) is 42.2 Å². The van der Waals surface area contributed by atoms with Gasteiger partial charge >= 0.3 is 12.1 Å². The van der Waals surface area contributed by atoms with Gasteiger partial charge in [0.15, 0.2) is 6.61 Å². The summed E-state index contributed by atoms with van der Waals surface area (Å²) in [5.41, 5.74) is -0.235. The Morgan fingerprint density at radius 3 is 2.54 bits per heavy atom. The summed E-state index contributed by atoms with van der Waals surface area (Å²) >= 11 is 6.91. The third-order valence-electron chi connectivity index (χ3n) is 3.11. The molecule has 1 N–H and O–H groups in total. The van der Waals surface area contributed by atoms with Crippen molar-refractivity contribution in [1.82, 2.24) is 0 Å². The van der Waals surface area contributed by atoms with Gasteiger partial charge in [0.05, 0.1) is 5.56 Å². The maximum Gasteiger partial charge on any atom is 0.417 e. The number of benzene rings is 2. The fourth-order valence-corrected chi connectivity index (χ4v) is 2.86. The second kappa shape index (κ2) is 7.36. The van der Waals surface area contributed by atoms with E-state index in [9.17, 15) is 18.0 Å². The van der Waals surface area contributed by atoms with Crippen LogP contribution in [-0.4, -0.2) is 23.9 Å². The number of alkyl halides is 3. The zero-order chi connectivity index (χ0) is 17.9. The molecule has 2 rings (SSSR count). The SMILES string of the molecule is CSc1ccc(-c2cc(Cl)ccc2OCC(=O)O)cc1C(F)(F)F. The molecule has 0 saturated carbocycles. The number of thioether (sulfide) groups is 1. The van der Waals surface area contributed by atoms with Crippen molar-refractivity contribution in [3.05, 3.63) is 47.0 Å². The van der Waals surface area contributed by atoms with Crippen molar-refractivity contribution in [1.29, 1.82) is 0 Å². The van der Waals surface area contributed by atoms with Crippen molar-refractivity contribution in [3.63, 3.8) is 0 Å². The van der Waals surface area contributed by atoms with Crippen LogP contribution in [0.2, 0.25) is 5.02 Å². The van der Waals surface area contributed by atoms with Crippen molar-refractivity contribution in [2.24, 2.45) is 0 Å². The maximum absolute atomic E-state index is 13.2. The van der Waals surface area contributed by atoms with Crippen LogP contribution in [0, 0.1) is 0 Å². The van der Waals surface area contributed by atoms with Gasteiger partial charge in [0.25, 0.3) is 0 Å². The van der Waals surface area contributed by atoms with E-state index in [0.29, 0.717) is 10.6 Å². The standard InChI is InChI=1S/C16H12ClF3O3S/c1-24-14-5-2-9(6-12(14)16(18,19)20)11-7-10(17)3-4-13(11)23-8-15(21)22/h2-7H,8H2,1H3,(H,21,22). The number of ether oxygens (including phenoxy) is 1. The minimum Gasteiger partial charge on any atom is -0.481 e. The molecule has 0 spiro atoms. The first-order valence-corrected chi connectivity index (χ1v) is 8.22. The van der Waals surface area contributed by atoms with Gasteiger partial charge in [0.1, 0.15) is 5.75 Å². The second-order valence-corrected chi connectivity index (χ2v) is 6.02. The number of carboxylic acids is 1. The van der Waals surface area contributed by atoms with Gasteiger partial charge in [0, 0.05) is 15.5 Å². The minimum atomic E-state index is -4.50. The van der Waals surface area contributed by atoms with Gasteiger partial charge in [-0.2, -0.15) is 13.2 Å². The van der Waals surface area contributed by atoms with E-state index < -0.39 is 24.3 Å². The summed E-state index contributed by atoms with van der Waals surface area (Å²) in [6.45, 7) is -0.607. The molecule has 2 aromatic carbocycles. The van der Waals surface area contributed by atoms with Crippen LogP contribution in [0.1, 0.15) is 5.56 Å². The molecule has 0 radical (unpaired) electrons. The molecular formula is C16H12ClF3O3S. The lowest BCUT2D eigenvalue weighted by Gasteiger charge is -2.15. The summed E-state index contributed by atoms with van der Waals surface area (Å²) < 4.78 is 44.8. The quantitative estimate of drug-likeness (QED) is 0.727. The molecule has 0 fully saturated rings. The molecular weight excluding hydrogens is 365 g/mol. The number of aliphatic carboxylic acids is 1. The van der Waals surface area contributed by atoms with Gasteiger partial charge in [-0.3, -0.25) is 0 Å². The van der Waals surface area contributed by atoms with Gasteiger partial charge < -0.3 is 9.84 Å². The lowest BCUT2D eigenvalue weighted by molar-refractivity contribution is -0.140. The molecule has 0 heterocycles. The van der Waals surface area contributed by atoms with Crippen LogP contribution < -0.4 is 4.74 Å². The molecule has 0 aliphatic carbocycles. The topological polar surface area (TPSA) is 46.5 Å². The highest BCUT2D eigenvalue weighted by Crippen LogP contribution is 2.40. The molecule has 0 aromatic heterocycles. The van der Waals surface area contributed by atoms with E-state index in [-0.39, 0.29) is 16.2 Å². The number of carbonyl (C=O) groups is 1. The van der Waals surface area contributed by atoms with Crippen molar-refractivity contribution in [2.75, 3.05) is 12.9 Å². The van der Waals surface area contributed by atoms with Crippen LogP contribution in [0.3, 0.4) is 0 Å². The molecule has 8 heteroatoms. The van der Waals surface area contributed by atoms with Gasteiger partial charge in [-0.15, -0.1) is 11.8 Å². The molecule has 0 atom stereocenters. The van der Waals surface area contributed by atoms with E-state index in [2.05, 4.69) is 0 Å². The second-order valence-electron chi connectivity index (χ2n) is 4.74. The molecule has 2 aromatic rings. The molecule has 0 aliphatic heterocycles. The number of hydrogen-bond acceptors (Lipinski definition) is 3. The molecule has 0 amide bonds. The summed E-state index contributed by atoms with van der Waals surface area (Å²) in [7, 11) is 0. The summed E-state index contributed by atoms with van der Waals surface area (Å²) in [5, 5.41) is 9.01. The van der Waals surface area contributed by atoms with Crippen LogP contribution in [-0.2, 0) is 11.0 Å². The van der Waals surface area contributed by atoms with Crippen LogP contribution >= 0.6 is 23.4 Å².